The van der Waals surface area contributed by atoms with Crippen molar-refractivity contribution in [2.75, 3.05) is 75.1 Å². The molecule has 0 radical (unpaired) electrons. The molecule has 0 saturated carbocycles. The molecular formula is C28H41ClFN7O3S. The molecule has 2 aliphatic rings. The number of nitrogens with zero attached hydrogens (tertiary/aromatic N) is 5. The number of ether oxygens (including phenoxy) is 1. The predicted molar refractivity (Wildman–Crippen MR) is 162 cm³/mol. The number of thioether (sulfide) groups is 1. The zero-order chi connectivity index (χ0) is 29.4. The van der Waals surface area contributed by atoms with E-state index >= 15 is 0 Å². The number of likely N-dealkylation sites (tertiary alicyclic amines) is 1. The van der Waals surface area contributed by atoms with Crippen LogP contribution in [0.25, 0.3) is 0 Å². The lowest BCUT2D eigenvalue weighted by Gasteiger charge is -2.47. The number of carbonyl (C=O) groups excluding carboxylic acids is 1. The van der Waals surface area contributed by atoms with Crippen LogP contribution < -0.4 is 20.7 Å². The molecule has 41 heavy (non-hydrogen) atoms. The first-order valence-corrected chi connectivity index (χ1v) is 16.0. The van der Waals surface area contributed by atoms with Crippen molar-refractivity contribution in [3.8, 4) is 5.75 Å². The number of benzene rings is 1. The van der Waals surface area contributed by atoms with Crippen molar-refractivity contribution in [2.45, 2.75) is 44.8 Å². The van der Waals surface area contributed by atoms with E-state index in [1.165, 1.54) is 6.07 Å². The number of anilines is 2. The predicted octanol–water partition coefficient (Wildman–Crippen LogP) is 2.88. The van der Waals surface area contributed by atoms with E-state index in [1.807, 2.05) is 18.4 Å². The lowest BCUT2D eigenvalue weighted by Crippen LogP contribution is -2.58. The number of nitrogens with two attached hydrogens (primary N) is 1. The van der Waals surface area contributed by atoms with Gasteiger partial charge in [-0.05, 0) is 56.3 Å². The number of piperazine rings is 1. The van der Waals surface area contributed by atoms with Crippen LogP contribution in [0.3, 0.4) is 0 Å². The number of nitrogens with one attached hydrogen (secondary N) is 1. The van der Waals surface area contributed by atoms with Crippen LogP contribution >= 0.6 is 23.4 Å². The van der Waals surface area contributed by atoms with Gasteiger partial charge in [-0.2, -0.15) is 11.8 Å². The summed E-state index contributed by atoms with van der Waals surface area (Å²) in [6.45, 7) is 7.69. The van der Waals surface area contributed by atoms with Gasteiger partial charge < -0.3 is 25.8 Å². The van der Waals surface area contributed by atoms with Crippen molar-refractivity contribution in [3.63, 3.8) is 0 Å². The summed E-state index contributed by atoms with van der Waals surface area (Å²) >= 11 is 8.15. The summed E-state index contributed by atoms with van der Waals surface area (Å²) in [5.41, 5.74) is 7.10. The maximum absolute atomic E-state index is 14.2. The number of hydrogen-bond donors (Lipinski definition) is 3. The van der Waals surface area contributed by atoms with Gasteiger partial charge in [0, 0.05) is 50.6 Å². The highest BCUT2D eigenvalue weighted by Crippen LogP contribution is 2.30. The van der Waals surface area contributed by atoms with Gasteiger partial charge in [0.15, 0.2) is 34.0 Å². The summed E-state index contributed by atoms with van der Waals surface area (Å²) in [5, 5.41) is 11.6. The average Bonchev–Trinajstić information content (AvgIpc) is 2.98. The number of aliphatic hydroxyl groups excluding tert-OH is 1. The van der Waals surface area contributed by atoms with E-state index in [-0.39, 0.29) is 35.6 Å². The van der Waals surface area contributed by atoms with Crippen LogP contribution in [-0.4, -0.2) is 107 Å². The van der Waals surface area contributed by atoms with Crippen LogP contribution in [0, 0.1) is 5.82 Å². The molecule has 2 aromatic rings. The summed E-state index contributed by atoms with van der Waals surface area (Å²) in [4.78, 5) is 28.1. The Labute approximate surface area is 250 Å². The molecule has 0 aliphatic carbocycles. The van der Waals surface area contributed by atoms with Crippen LogP contribution in [0.4, 0.5) is 16.0 Å². The molecule has 4 rings (SSSR count). The molecule has 226 valence electrons. The molecule has 10 nitrogen and oxygen atoms in total. The molecule has 0 unspecified atom stereocenters. The number of halogens is 2. The molecule has 1 aromatic carbocycles. The lowest BCUT2D eigenvalue weighted by molar-refractivity contribution is 0.0610. The summed E-state index contributed by atoms with van der Waals surface area (Å²) in [6, 6.07) is 6.00. The molecule has 4 N–H and O–H groups in total. The minimum absolute atomic E-state index is 0.0162. The van der Waals surface area contributed by atoms with Crippen molar-refractivity contribution >= 4 is 40.9 Å². The van der Waals surface area contributed by atoms with E-state index in [0.717, 1.165) is 69.8 Å². The van der Waals surface area contributed by atoms with Crippen molar-refractivity contribution < 1.29 is 19.0 Å². The maximum Gasteiger partial charge on any atom is 0.273 e. The lowest BCUT2D eigenvalue weighted by atomic mass is 9.98. The summed E-state index contributed by atoms with van der Waals surface area (Å²) in [5.74, 6) is 0.846. The fraction of sp³-hybridized carbons (Fsp3) is 0.607. The summed E-state index contributed by atoms with van der Waals surface area (Å²) in [7, 11) is 0. The van der Waals surface area contributed by atoms with E-state index in [2.05, 4.69) is 36.9 Å². The normalized spacial score (nSPS) is 19.0. The SMILES string of the molecule is CC[C@H]1CN(c2nc(N)c(C(=O)NCCO)nc2Cl)CCN1C1CCN(Cc2ccc(F)c(OCCSC)c2)CC1. The van der Waals surface area contributed by atoms with Crippen molar-refractivity contribution in [2.24, 2.45) is 0 Å². The molecule has 2 saturated heterocycles. The standard InChI is InChI=1S/C28H41ClFN7O3S/c1-3-20-18-36(27-25(29)33-24(26(31)34-27)28(39)32-8-13-38)11-12-37(20)21-6-9-35(10-7-21)17-19-4-5-22(30)23(16-19)40-14-15-41-2/h4-5,16,20-21,38H,3,6-15,17-18H2,1-2H3,(H2,31,34)(H,32,39)/t20-/m0/s1. The third kappa shape index (κ3) is 8.13. The van der Waals surface area contributed by atoms with Crippen molar-refractivity contribution in [1.82, 2.24) is 25.1 Å². The first-order chi connectivity index (χ1) is 19.8. The third-order valence-electron chi connectivity index (χ3n) is 7.75. The van der Waals surface area contributed by atoms with E-state index in [0.29, 0.717) is 30.3 Å². The second-order valence-electron chi connectivity index (χ2n) is 10.4. The van der Waals surface area contributed by atoms with Gasteiger partial charge in [0.25, 0.3) is 5.91 Å². The Morgan fingerprint density at radius 2 is 2.05 bits per heavy atom. The third-order valence-corrected chi connectivity index (χ3v) is 8.58. The van der Waals surface area contributed by atoms with Crippen LogP contribution in [0.15, 0.2) is 18.2 Å². The Balaban J connectivity index is 1.32. The first kappa shape index (κ1) is 31.6. The minimum atomic E-state index is -0.514. The number of aliphatic hydroxyl groups is 1. The zero-order valence-corrected chi connectivity index (χ0v) is 25.4. The van der Waals surface area contributed by atoms with Gasteiger partial charge in [0.05, 0.1) is 13.2 Å². The number of amides is 1. The molecular weight excluding hydrogens is 569 g/mol. The maximum atomic E-state index is 14.2. The van der Waals surface area contributed by atoms with E-state index in [4.69, 9.17) is 27.2 Å². The quantitative estimate of drug-likeness (QED) is 0.310. The number of aromatic nitrogens is 2. The zero-order valence-electron chi connectivity index (χ0n) is 23.8. The van der Waals surface area contributed by atoms with Gasteiger partial charge >= 0.3 is 0 Å². The Bertz CT molecular complexity index is 1170. The Hall–Kier alpha value is -2.38. The topological polar surface area (TPSA) is 120 Å². The van der Waals surface area contributed by atoms with Gasteiger partial charge in [-0.15, -0.1) is 0 Å². The van der Waals surface area contributed by atoms with Gasteiger partial charge in [-0.25, -0.2) is 14.4 Å². The number of nitrogen functional groups attached to an aromatic ring is 1. The average molecular weight is 610 g/mol. The second-order valence-corrected chi connectivity index (χ2v) is 11.8. The van der Waals surface area contributed by atoms with Gasteiger partial charge in [-0.1, -0.05) is 24.6 Å². The van der Waals surface area contributed by atoms with E-state index in [9.17, 15) is 9.18 Å². The van der Waals surface area contributed by atoms with E-state index in [1.54, 1.807) is 11.8 Å². The Kier molecular flexibility index (Phi) is 11.7. The minimum Gasteiger partial charge on any atom is -0.490 e. The highest BCUT2D eigenvalue weighted by Gasteiger charge is 2.34. The summed E-state index contributed by atoms with van der Waals surface area (Å²) in [6.07, 6.45) is 5.13. The Morgan fingerprint density at radius 3 is 2.76 bits per heavy atom. The first-order valence-electron chi connectivity index (χ1n) is 14.2. The number of carbonyl (C=O) groups is 1. The van der Waals surface area contributed by atoms with Gasteiger partial charge in [-0.3, -0.25) is 14.6 Å². The molecule has 3 heterocycles. The molecule has 13 heteroatoms. The highest BCUT2D eigenvalue weighted by atomic mass is 35.5. The van der Waals surface area contributed by atoms with Gasteiger partial charge in [0.1, 0.15) is 0 Å². The van der Waals surface area contributed by atoms with Crippen molar-refractivity contribution in [1.29, 1.82) is 0 Å². The molecule has 1 atom stereocenters. The highest BCUT2D eigenvalue weighted by molar-refractivity contribution is 7.98. The molecule has 1 aromatic heterocycles. The van der Waals surface area contributed by atoms with Gasteiger partial charge in [0.2, 0.25) is 0 Å². The number of hydrogen-bond acceptors (Lipinski definition) is 10. The monoisotopic (exact) mass is 609 g/mol. The van der Waals surface area contributed by atoms with Crippen molar-refractivity contribution in [3.05, 3.63) is 40.4 Å². The molecule has 2 aliphatic heterocycles. The van der Waals surface area contributed by atoms with Crippen LogP contribution in [0.2, 0.25) is 5.15 Å². The fourth-order valence-corrected chi connectivity index (χ4v) is 6.10. The number of piperidine rings is 1. The van der Waals surface area contributed by atoms with Crippen LogP contribution in [-0.2, 0) is 6.54 Å². The smallest absolute Gasteiger partial charge is 0.273 e. The second kappa shape index (κ2) is 15.2. The fourth-order valence-electron chi connectivity index (χ4n) is 5.61. The van der Waals surface area contributed by atoms with E-state index < -0.39 is 5.91 Å². The molecule has 2 fully saturated rings. The summed E-state index contributed by atoms with van der Waals surface area (Å²) < 4.78 is 19.8. The molecule has 1 amide bonds. The molecule has 0 bridgehead atoms. The van der Waals surface area contributed by atoms with Crippen LogP contribution in [0.5, 0.6) is 5.75 Å². The molecule has 0 spiro atoms. The number of rotatable bonds is 12. The Morgan fingerprint density at radius 1 is 1.27 bits per heavy atom. The van der Waals surface area contributed by atoms with Crippen LogP contribution in [0.1, 0.15) is 42.2 Å². The largest absolute Gasteiger partial charge is 0.490 e.